The van der Waals surface area contributed by atoms with Gasteiger partial charge >= 0.3 is 6.18 Å². The molecule has 1 fully saturated rings. The van der Waals surface area contributed by atoms with Crippen molar-refractivity contribution in [3.05, 3.63) is 40.9 Å². The van der Waals surface area contributed by atoms with E-state index in [1.807, 2.05) is 0 Å². The summed E-state index contributed by atoms with van der Waals surface area (Å²) < 4.78 is 64.2. The summed E-state index contributed by atoms with van der Waals surface area (Å²) in [7, 11) is -3.48. The molecule has 1 aromatic heterocycles. The molecule has 0 amide bonds. The van der Waals surface area contributed by atoms with Crippen molar-refractivity contribution in [3.63, 3.8) is 0 Å². The molecule has 2 aromatic rings. The van der Waals surface area contributed by atoms with Crippen LogP contribution in [-0.4, -0.2) is 30.8 Å². The lowest BCUT2D eigenvalue weighted by atomic mass is 10.2. The van der Waals surface area contributed by atoms with E-state index in [1.54, 1.807) is 12.1 Å². The molecule has 1 aromatic carbocycles. The molecule has 26 heavy (non-hydrogen) atoms. The van der Waals surface area contributed by atoms with Crippen LogP contribution in [0.5, 0.6) is 0 Å². The first-order valence-corrected chi connectivity index (χ1v) is 10.4. The van der Waals surface area contributed by atoms with Gasteiger partial charge in [-0.1, -0.05) is 18.6 Å². The van der Waals surface area contributed by atoms with Crippen LogP contribution in [0.2, 0.25) is 0 Å². The van der Waals surface area contributed by atoms with Gasteiger partial charge in [-0.3, -0.25) is 0 Å². The van der Waals surface area contributed by atoms with E-state index < -0.39 is 21.9 Å². The molecule has 3 rings (SSSR count). The lowest BCUT2D eigenvalue weighted by molar-refractivity contribution is -0.140. The van der Waals surface area contributed by atoms with E-state index in [2.05, 4.69) is 10.3 Å². The number of nitrogens with one attached hydrogen (secondary N) is 1. The Hall–Kier alpha value is -1.65. The maximum absolute atomic E-state index is 12.6. The van der Waals surface area contributed by atoms with E-state index >= 15 is 0 Å². The number of thiazole rings is 1. The Labute approximate surface area is 153 Å². The number of nitrogens with zero attached hydrogens (tertiary/aromatic N) is 2. The lowest BCUT2D eigenvalue weighted by Gasteiger charge is -2.25. The summed E-state index contributed by atoms with van der Waals surface area (Å²) in [4.78, 5) is 3.73. The van der Waals surface area contributed by atoms with Crippen molar-refractivity contribution in [2.45, 2.75) is 36.9 Å². The summed E-state index contributed by atoms with van der Waals surface area (Å²) in [6.45, 7) is 1.34. The minimum absolute atomic E-state index is 0.169. The molecule has 10 heteroatoms. The van der Waals surface area contributed by atoms with Crippen LogP contribution in [0.3, 0.4) is 0 Å². The Balaban J connectivity index is 1.63. The molecule has 0 aliphatic carbocycles. The molecule has 2 heterocycles. The minimum atomic E-state index is -4.46. The Morgan fingerprint density at radius 1 is 1.12 bits per heavy atom. The van der Waals surface area contributed by atoms with Crippen LogP contribution in [0, 0.1) is 0 Å². The summed E-state index contributed by atoms with van der Waals surface area (Å²) in [5.41, 5.74) is -0.167. The van der Waals surface area contributed by atoms with Gasteiger partial charge in [-0.2, -0.15) is 17.5 Å². The van der Waals surface area contributed by atoms with Crippen molar-refractivity contribution in [1.82, 2.24) is 9.29 Å². The lowest BCUT2D eigenvalue weighted by Crippen LogP contribution is -2.35. The summed E-state index contributed by atoms with van der Waals surface area (Å²) in [6.07, 6.45) is -1.67. The second-order valence-electron chi connectivity index (χ2n) is 6.00. The fraction of sp³-hybridized carbons (Fsp3) is 0.438. The average Bonchev–Trinajstić information content (AvgIpc) is 3.10. The molecule has 0 unspecified atom stereocenters. The van der Waals surface area contributed by atoms with E-state index in [-0.39, 0.29) is 16.6 Å². The fourth-order valence-corrected chi connectivity index (χ4v) is 4.93. The van der Waals surface area contributed by atoms with Crippen LogP contribution in [-0.2, 0) is 22.7 Å². The normalized spacial score (nSPS) is 16.6. The van der Waals surface area contributed by atoms with Crippen molar-refractivity contribution < 1.29 is 21.6 Å². The number of anilines is 1. The van der Waals surface area contributed by atoms with Crippen LogP contribution in [0.1, 0.15) is 30.5 Å². The Bertz CT molecular complexity index is 842. The highest BCUT2D eigenvalue weighted by molar-refractivity contribution is 7.89. The first kappa shape index (κ1) is 19.1. The first-order valence-electron chi connectivity index (χ1n) is 8.12. The number of rotatable bonds is 5. The van der Waals surface area contributed by atoms with Crippen LogP contribution in [0.25, 0.3) is 0 Å². The van der Waals surface area contributed by atoms with Gasteiger partial charge in [-0.05, 0) is 30.5 Å². The zero-order valence-electron chi connectivity index (χ0n) is 13.8. The zero-order valence-corrected chi connectivity index (χ0v) is 15.4. The van der Waals surface area contributed by atoms with Crippen molar-refractivity contribution >= 4 is 26.5 Å². The molecule has 1 aliphatic heterocycles. The Morgan fingerprint density at radius 3 is 2.35 bits per heavy atom. The van der Waals surface area contributed by atoms with Gasteiger partial charge in [0.05, 0.1) is 4.90 Å². The van der Waals surface area contributed by atoms with Gasteiger partial charge in [0, 0.05) is 25.0 Å². The smallest absolute Gasteiger partial charge is 0.357 e. The summed E-state index contributed by atoms with van der Waals surface area (Å²) in [5, 5.41) is 3.95. The molecule has 5 nitrogen and oxygen atoms in total. The third-order valence-corrected chi connectivity index (χ3v) is 6.83. The van der Waals surface area contributed by atoms with E-state index in [1.165, 1.54) is 16.4 Å². The second-order valence-corrected chi connectivity index (χ2v) is 8.79. The largest absolute Gasteiger partial charge is 0.434 e. The predicted molar refractivity (Wildman–Crippen MR) is 93.5 cm³/mol. The first-order chi connectivity index (χ1) is 12.3. The van der Waals surface area contributed by atoms with Crippen molar-refractivity contribution in [3.8, 4) is 0 Å². The molecular formula is C16H18F3N3O2S2. The number of hydrogen-bond donors (Lipinski definition) is 1. The molecule has 0 spiro atoms. The van der Waals surface area contributed by atoms with Gasteiger partial charge in [-0.25, -0.2) is 13.4 Å². The van der Waals surface area contributed by atoms with Crippen LogP contribution >= 0.6 is 11.3 Å². The standard InChI is InChI=1S/C16H18F3N3O2S2/c17-16(18,19)14-11-25-15(21-14)20-10-12-4-6-13(7-5-12)26(23,24)22-8-2-1-3-9-22/h4-7,11H,1-3,8-10H2,(H,20,21). The van der Waals surface area contributed by atoms with Gasteiger partial charge in [-0.15, -0.1) is 11.3 Å². The highest BCUT2D eigenvalue weighted by Gasteiger charge is 2.33. The fourth-order valence-electron chi connectivity index (χ4n) is 2.70. The van der Waals surface area contributed by atoms with Gasteiger partial charge in [0.15, 0.2) is 10.8 Å². The molecule has 142 valence electrons. The number of aromatic nitrogens is 1. The summed E-state index contributed by atoms with van der Waals surface area (Å²) >= 11 is 0.877. The predicted octanol–water partition coefficient (Wildman–Crippen LogP) is 3.95. The number of sulfonamides is 1. The highest BCUT2D eigenvalue weighted by atomic mass is 32.2. The van der Waals surface area contributed by atoms with E-state index in [0.29, 0.717) is 13.1 Å². The molecule has 1 aliphatic rings. The number of hydrogen-bond acceptors (Lipinski definition) is 5. The molecule has 0 bridgehead atoms. The zero-order chi connectivity index (χ0) is 18.8. The van der Waals surface area contributed by atoms with E-state index in [0.717, 1.165) is 41.5 Å². The molecule has 0 atom stereocenters. The quantitative estimate of drug-likeness (QED) is 0.818. The van der Waals surface area contributed by atoms with Gasteiger partial charge < -0.3 is 5.32 Å². The second kappa shape index (κ2) is 7.53. The third-order valence-electron chi connectivity index (χ3n) is 4.11. The average molecular weight is 405 g/mol. The summed E-state index contributed by atoms with van der Waals surface area (Å²) in [5.74, 6) is 0. The van der Waals surface area contributed by atoms with Crippen molar-refractivity contribution in [2.24, 2.45) is 0 Å². The van der Waals surface area contributed by atoms with Crippen LogP contribution < -0.4 is 5.32 Å². The van der Waals surface area contributed by atoms with Crippen LogP contribution in [0.4, 0.5) is 18.3 Å². The van der Waals surface area contributed by atoms with Gasteiger partial charge in [0.1, 0.15) is 0 Å². The molecule has 1 N–H and O–H groups in total. The number of halogens is 3. The minimum Gasteiger partial charge on any atom is -0.357 e. The molecule has 1 saturated heterocycles. The monoisotopic (exact) mass is 405 g/mol. The Kier molecular flexibility index (Phi) is 5.54. The molecule has 0 saturated carbocycles. The number of benzene rings is 1. The van der Waals surface area contributed by atoms with Crippen molar-refractivity contribution in [2.75, 3.05) is 18.4 Å². The van der Waals surface area contributed by atoms with Gasteiger partial charge in [0.2, 0.25) is 10.0 Å². The maximum Gasteiger partial charge on any atom is 0.434 e. The highest BCUT2D eigenvalue weighted by Crippen LogP contribution is 2.31. The van der Waals surface area contributed by atoms with E-state index in [9.17, 15) is 21.6 Å². The van der Waals surface area contributed by atoms with E-state index in [4.69, 9.17) is 0 Å². The topological polar surface area (TPSA) is 62.3 Å². The van der Waals surface area contributed by atoms with Crippen molar-refractivity contribution in [1.29, 1.82) is 0 Å². The molecular weight excluding hydrogens is 387 g/mol. The third kappa shape index (κ3) is 4.36. The number of piperidine rings is 1. The molecule has 0 radical (unpaired) electrons. The number of alkyl halides is 3. The SMILES string of the molecule is O=S(=O)(c1ccc(CNc2nc(C(F)(F)F)cs2)cc1)N1CCCCC1. The van der Waals surface area contributed by atoms with Crippen LogP contribution in [0.15, 0.2) is 34.5 Å². The van der Waals surface area contributed by atoms with Gasteiger partial charge in [0.25, 0.3) is 0 Å². The summed E-state index contributed by atoms with van der Waals surface area (Å²) in [6, 6.07) is 6.37. The maximum atomic E-state index is 12.6. The Morgan fingerprint density at radius 2 is 1.77 bits per heavy atom.